The maximum absolute atomic E-state index is 13.2. The van der Waals surface area contributed by atoms with Gasteiger partial charge in [0.25, 0.3) is 5.91 Å². The third-order valence-corrected chi connectivity index (χ3v) is 4.24. The molecule has 1 fully saturated rings. The van der Waals surface area contributed by atoms with E-state index in [4.69, 9.17) is 11.6 Å². The highest BCUT2D eigenvalue weighted by Crippen LogP contribution is 2.22. The molecule has 0 aliphatic heterocycles. The molecule has 1 aromatic heterocycles. The van der Waals surface area contributed by atoms with Crippen LogP contribution in [-0.2, 0) is 0 Å². The van der Waals surface area contributed by atoms with Crippen LogP contribution in [0.25, 0.3) is 0 Å². The predicted octanol–water partition coefficient (Wildman–Crippen LogP) is 4.18. The van der Waals surface area contributed by atoms with Crippen molar-refractivity contribution < 1.29 is 9.18 Å². The van der Waals surface area contributed by atoms with E-state index in [0.29, 0.717) is 23.4 Å². The minimum atomic E-state index is -0.532. The third-order valence-electron chi connectivity index (χ3n) is 3.95. The Morgan fingerprint density at radius 1 is 1.25 bits per heavy atom. The van der Waals surface area contributed by atoms with Gasteiger partial charge in [-0.1, -0.05) is 24.4 Å². The van der Waals surface area contributed by atoms with E-state index < -0.39 is 11.7 Å². The molecule has 2 aromatic rings. The Morgan fingerprint density at radius 3 is 2.71 bits per heavy atom. The quantitative estimate of drug-likeness (QED) is 0.869. The zero-order valence-corrected chi connectivity index (χ0v) is 14.0. The van der Waals surface area contributed by atoms with E-state index in [-0.39, 0.29) is 10.7 Å². The summed E-state index contributed by atoms with van der Waals surface area (Å²) in [5.41, 5.74) is 1.36. The summed E-state index contributed by atoms with van der Waals surface area (Å²) in [6, 6.07) is 5.99. The lowest BCUT2D eigenvalue weighted by Gasteiger charge is -2.13. The maximum Gasteiger partial charge on any atom is 0.274 e. The van der Waals surface area contributed by atoms with Crippen LogP contribution in [0.3, 0.4) is 0 Å². The average Bonchev–Trinajstić information content (AvgIpc) is 3.03. The topological polar surface area (TPSA) is 66.9 Å². The van der Waals surface area contributed by atoms with Crippen molar-refractivity contribution in [2.45, 2.75) is 38.6 Å². The summed E-state index contributed by atoms with van der Waals surface area (Å²) in [6.45, 7) is 1.81. The molecule has 1 amide bonds. The van der Waals surface area contributed by atoms with Gasteiger partial charge in [0.2, 0.25) is 5.95 Å². The van der Waals surface area contributed by atoms with Crippen LogP contribution in [0.2, 0.25) is 5.02 Å². The highest BCUT2D eigenvalue weighted by Gasteiger charge is 2.17. The lowest BCUT2D eigenvalue weighted by atomic mass is 10.2. The first-order valence-corrected chi connectivity index (χ1v) is 8.28. The summed E-state index contributed by atoms with van der Waals surface area (Å²) in [6.07, 6.45) is 4.57. The molecule has 5 nitrogen and oxygen atoms in total. The Hall–Kier alpha value is -2.21. The highest BCUT2D eigenvalue weighted by molar-refractivity contribution is 6.31. The average molecular weight is 349 g/mol. The SMILES string of the molecule is Cc1cc(C(=O)Nc2ccc(F)c(Cl)c2)nc(NC2CCCC2)n1. The molecule has 126 valence electrons. The van der Waals surface area contributed by atoms with E-state index in [1.807, 2.05) is 6.92 Å². The van der Waals surface area contributed by atoms with Crippen molar-refractivity contribution >= 4 is 29.1 Å². The molecular weight excluding hydrogens is 331 g/mol. The molecule has 1 aliphatic carbocycles. The molecule has 0 bridgehead atoms. The van der Waals surface area contributed by atoms with Crippen LogP contribution >= 0.6 is 11.6 Å². The van der Waals surface area contributed by atoms with Gasteiger partial charge in [-0.2, -0.15) is 0 Å². The molecule has 3 rings (SSSR count). The Balaban J connectivity index is 1.75. The van der Waals surface area contributed by atoms with Gasteiger partial charge in [-0.25, -0.2) is 14.4 Å². The predicted molar refractivity (Wildman–Crippen MR) is 92.0 cm³/mol. The van der Waals surface area contributed by atoms with Gasteiger partial charge in [-0.05, 0) is 44.0 Å². The lowest BCUT2D eigenvalue weighted by Crippen LogP contribution is -2.20. The van der Waals surface area contributed by atoms with Gasteiger partial charge in [0.05, 0.1) is 5.02 Å². The second-order valence-electron chi connectivity index (χ2n) is 5.93. The number of aryl methyl sites for hydroxylation is 1. The van der Waals surface area contributed by atoms with Gasteiger partial charge in [0.15, 0.2) is 0 Å². The number of hydrogen-bond donors (Lipinski definition) is 2. The summed E-state index contributed by atoms with van der Waals surface area (Å²) < 4.78 is 13.2. The van der Waals surface area contributed by atoms with E-state index in [2.05, 4.69) is 20.6 Å². The Morgan fingerprint density at radius 2 is 2.00 bits per heavy atom. The number of aromatic nitrogens is 2. The van der Waals surface area contributed by atoms with E-state index >= 15 is 0 Å². The number of benzene rings is 1. The number of hydrogen-bond acceptors (Lipinski definition) is 4. The number of amides is 1. The second kappa shape index (κ2) is 7.13. The molecule has 24 heavy (non-hydrogen) atoms. The van der Waals surface area contributed by atoms with Gasteiger partial charge in [-0.15, -0.1) is 0 Å². The monoisotopic (exact) mass is 348 g/mol. The van der Waals surface area contributed by atoms with Crippen molar-refractivity contribution in [3.05, 3.63) is 46.5 Å². The summed E-state index contributed by atoms with van der Waals surface area (Å²) in [4.78, 5) is 21.0. The molecule has 7 heteroatoms. The number of anilines is 2. The first-order valence-electron chi connectivity index (χ1n) is 7.90. The molecule has 0 saturated heterocycles. The summed E-state index contributed by atoms with van der Waals surface area (Å²) in [5.74, 6) is -0.461. The number of nitrogens with zero attached hydrogens (tertiary/aromatic N) is 2. The Bertz CT molecular complexity index is 762. The molecule has 2 N–H and O–H groups in total. The van der Waals surface area contributed by atoms with Crippen LogP contribution in [-0.4, -0.2) is 21.9 Å². The fraction of sp³-hybridized carbons (Fsp3) is 0.353. The van der Waals surface area contributed by atoms with Crippen molar-refractivity contribution in [1.82, 2.24) is 9.97 Å². The van der Waals surface area contributed by atoms with Gasteiger partial charge < -0.3 is 10.6 Å². The summed E-state index contributed by atoms with van der Waals surface area (Å²) in [7, 11) is 0. The van der Waals surface area contributed by atoms with Gasteiger partial charge in [-0.3, -0.25) is 4.79 Å². The zero-order chi connectivity index (χ0) is 17.1. The van der Waals surface area contributed by atoms with Crippen molar-refractivity contribution in [3.8, 4) is 0 Å². The number of nitrogens with one attached hydrogen (secondary N) is 2. The molecule has 0 unspecified atom stereocenters. The van der Waals surface area contributed by atoms with Crippen molar-refractivity contribution in [1.29, 1.82) is 0 Å². The molecule has 1 saturated carbocycles. The smallest absolute Gasteiger partial charge is 0.274 e. The van der Waals surface area contributed by atoms with Crippen LogP contribution in [0.4, 0.5) is 16.0 Å². The van der Waals surface area contributed by atoms with Crippen LogP contribution in [0.1, 0.15) is 41.9 Å². The van der Waals surface area contributed by atoms with E-state index in [0.717, 1.165) is 12.8 Å². The maximum atomic E-state index is 13.2. The molecular formula is C17H18ClFN4O. The van der Waals surface area contributed by atoms with Crippen LogP contribution in [0, 0.1) is 12.7 Å². The van der Waals surface area contributed by atoms with Gasteiger partial charge in [0, 0.05) is 17.4 Å². The lowest BCUT2D eigenvalue weighted by molar-refractivity contribution is 0.102. The molecule has 1 heterocycles. The van der Waals surface area contributed by atoms with Crippen molar-refractivity contribution in [2.24, 2.45) is 0 Å². The number of carbonyl (C=O) groups is 1. The second-order valence-corrected chi connectivity index (χ2v) is 6.33. The van der Waals surface area contributed by atoms with E-state index in [1.54, 1.807) is 6.07 Å². The van der Waals surface area contributed by atoms with E-state index in [1.165, 1.54) is 31.0 Å². The molecule has 1 aliphatic rings. The molecule has 0 atom stereocenters. The van der Waals surface area contributed by atoms with Gasteiger partial charge in [0.1, 0.15) is 11.5 Å². The van der Waals surface area contributed by atoms with E-state index in [9.17, 15) is 9.18 Å². The van der Waals surface area contributed by atoms with Crippen LogP contribution < -0.4 is 10.6 Å². The fourth-order valence-electron chi connectivity index (χ4n) is 2.77. The number of carbonyl (C=O) groups excluding carboxylic acids is 1. The van der Waals surface area contributed by atoms with Crippen LogP contribution in [0.15, 0.2) is 24.3 Å². The van der Waals surface area contributed by atoms with Crippen molar-refractivity contribution in [2.75, 3.05) is 10.6 Å². The minimum Gasteiger partial charge on any atom is -0.351 e. The first-order chi connectivity index (χ1) is 11.5. The van der Waals surface area contributed by atoms with Gasteiger partial charge >= 0.3 is 0 Å². The van der Waals surface area contributed by atoms with Crippen molar-refractivity contribution in [3.63, 3.8) is 0 Å². The molecule has 1 aromatic carbocycles. The Labute approximate surface area is 144 Å². The van der Waals surface area contributed by atoms with Crippen LogP contribution in [0.5, 0.6) is 0 Å². The highest BCUT2D eigenvalue weighted by atomic mass is 35.5. The standard InChI is InChI=1S/C17H18ClFN4O/c1-10-8-15(23-17(20-10)22-11-4-2-3-5-11)16(24)21-12-6-7-14(19)13(18)9-12/h6-9,11H,2-5H2,1H3,(H,21,24)(H,20,22,23). The molecule has 0 radical (unpaired) electrons. The number of rotatable bonds is 4. The third kappa shape index (κ3) is 4.00. The summed E-state index contributed by atoms with van der Waals surface area (Å²) in [5, 5.41) is 5.90. The number of halogens is 2. The summed E-state index contributed by atoms with van der Waals surface area (Å²) >= 11 is 5.73. The molecule has 0 spiro atoms. The zero-order valence-electron chi connectivity index (χ0n) is 13.3. The Kier molecular flexibility index (Phi) is 4.94. The minimum absolute atomic E-state index is 0.0461. The first kappa shape index (κ1) is 16.6. The fourth-order valence-corrected chi connectivity index (χ4v) is 2.95. The normalized spacial score (nSPS) is 14.6. The largest absolute Gasteiger partial charge is 0.351 e.